The minimum Gasteiger partial charge on any atom is -0.504 e. The number of aromatic nitrogens is 2. The van der Waals surface area contributed by atoms with Gasteiger partial charge >= 0.3 is 5.97 Å². The molecule has 0 aliphatic carbocycles. The van der Waals surface area contributed by atoms with E-state index in [4.69, 9.17) is 9.84 Å². The third-order valence-corrected chi connectivity index (χ3v) is 2.23. The zero-order chi connectivity index (χ0) is 10.1. The number of ether oxygens (including phenoxy) is 1. The van der Waals surface area contributed by atoms with Gasteiger partial charge in [-0.3, -0.25) is 0 Å². The van der Waals surface area contributed by atoms with E-state index in [-0.39, 0.29) is 17.5 Å². The molecule has 1 aliphatic rings. The summed E-state index contributed by atoms with van der Waals surface area (Å²) in [6.07, 6.45) is 1.86. The van der Waals surface area contributed by atoms with Crippen LogP contribution in [0.25, 0.3) is 0 Å². The second-order valence-corrected chi connectivity index (χ2v) is 3.15. The van der Waals surface area contributed by atoms with Gasteiger partial charge in [-0.1, -0.05) is 0 Å². The molecule has 2 rings (SSSR count). The summed E-state index contributed by atoms with van der Waals surface area (Å²) in [6.45, 7) is 1.05. The zero-order valence-corrected chi connectivity index (χ0v) is 7.38. The largest absolute Gasteiger partial charge is 0.504 e. The summed E-state index contributed by atoms with van der Waals surface area (Å²) in [7, 11) is 0. The van der Waals surface area contributed by atoms with Gasteiger partial charge in [0.1, 0.15) is 0 Å². The Morgan fingerprint density at radius 2 is 2.50 bits per heavy atom. The third kappa shape index (κ3) is 1.33. The van der Waals surface area contributed by atoms with E-state index >= 15 is 0 Å². The molecule has 6 nitrogen and oxygen atoms in total. The molecule has 0 spiro atoms. The summed E-state index contributed by atoms with van der Waals surface area (Å²) in [5.74, 6) is -1.48. The molecule has 1 atom stereocenters. The molecule has 14 heavy (non-hydrogen) atoms. The Balaban J connectivity index is 2.37. The molecule has 1 unspecified atom stereocenters. The van der Waals surface area contributed by atoms with Crippen molar-refractivity contribution in [3.05, 3.63) is 11.9 Å². The van der Waals surface area contributed by atoms with Gasteiger partial charge in [-0.25, -0.2) is 9.48 Å². The number of hydrogen-bond acceptors (Lipinski definition) is 4. The molecule has 0 amide bonds. The SMILES string of the molecule is O=C(O)c1c(O)cnn1C1CCOC1. The maximum Gasteiger partial charge on any atom is 0.358 e. The minimum absolute atomic E-state index is 0.0815. The minimum atomic E-state index is -1.17. The highest BCUT2D eigenvalue weighted by Gasteiger charge is 2.26. The number of carboxylic acids is 1. The van der Waals surface area contributed by atoms with Crippen molar-refractivity contribution < 1.29 is 19.7 Å². The van der Waals surface area contributed by atoms with Crippen LogP contribution in [0.2, 0.25) is 0 Å². The van der Waals surface area contributed by atoms with Crippen LogP contribution in [0.15, 0.2) is 6.20 Å². The van der Waals surface area contributed by atoms with E-state index in [9.17, 15) is 9.90 Å². The lowest BCUT2D eigenvalue weighted by molar-refractivity contribution is 0.0675. The van der Waals surface area contributed by atoms with Crippen LogP contribution in [0.4, 0.5) is 0 Å². The summed E-state index contributed by atoms with van der Waals surface area (Å²) in [5, 5.41) is 21.9. The van der Waals surface area contributed by atoms with Gasteiger partial charge in [-0.2, -0.15) is 5.10 Å². The first-order valence-electron chi connectivity index (χ1n) is 4.27. The fourth-order valence-corrected chi connectivity index (χ4v) is 1.55. The van der Waals surface area contributed by atoms with Crippen molar-refractivity contribution in [1.82, 2.24) is 9.78 Å². The second kappa shape index (κ2) is 3.30. The molecule has 76 valence electrons. The Hall–Kier alpha value is -1.56. The molecule has 1 saturated heterocycles. The monoisotopic (exact) mass is 198 g/mol. The van der Waals surface area contributed by atoms with Crippen molar-refractivity contribution in [2.45, 2.75) is 12.5 Å². The Labute approximate surface area is 79.7 Å². The predicted molar refractivity (Wildman–Crippen MR) is 45.3 cm³/mol. The highest BCUT2D eigenvalue weighted by Crippen LogP contribution is 2.24. The predicted octanol–water partition coefficient (Wildman–Crippen LogP) is 0.248. The van der Waals surface area contributed by atoms with Gasteiger partial charge < -0.3 is 14.9 Å². The second-order valence-electron chi connectivity index (χ2n) is 3.15. The molecule has 1 aromatic rings. The van der Waals surface area contributed by atoms with E-state index in [1.165, 1.54) is 4.68 Å². The molecule has 6 heteroatoms. The first-order valence-corrected chi connectivity index (χ1v) is 4.27. The smallest absolute Gasteiger partial charge is 0.358 e. The molecule has 0 aromatic carbocycles. The summed E-state index contributed by atoms with van der Waals surface area (Å²) in [6, 6.07) is -0.0815. The van der Waals surface area contributed by atoms with E-state index in [2.05, 4.69) is 5.10 Å². The van der Waals surface area contributed by atoms with Gasteiger partial charge in [0.05, 0.1) is 18.8 Å². The van der Waals surface area contributed by atoms with Crippen molar-refractivity contribution >= 4 is 5.97 Å². The molecule has 1 aliphatic heterocycles. The van der Waals surface area contributed by atoms with Crippen molar-refractivity contribution in [3.8, 4) is 5.75 Å². The van der Waals surface area contributed by atoms with Crippen molar-refractivity contribution in [1.29, 1.82) is 0 Å². The number of aromatic carboxylic acids is 1. The van der Waals surface area contributed by atoms with Crippen LogP contribution in [-0.4, -0.2) is 39.2 Å². The summed E-state index contributed by atoms with van der Waals surface area (Å²) in [5.41, 5.74) is -0.166. The first-order chi connectivity index (χ1) is 6.70. The Morgan fingerprint density at radius 1 is 1.71 bits per heavy atom. The van der Waals surface area contributed by atoms with Crippen LogP contribution in [0.3, 0.4) is 0 Å². The number of hydrogen-bond donors (Lipinski definition) is 2. The Bertz CT molecular complexity index is 354. The number of nitrogens with zero attached hydrogens (tertiary/aromatic N) is 2. The quantitative estimate of drug-likeness (QED) is 0.711. The van der Waals surface area contributed by atoms with Gasteiger partial charge in [0.25, 0.3) is 0 Å². The topological polar surface area (TPSA) is 84.6 Å². The summed E-state index contributed by atoms with van der Waals surface area (Å²) >= 11 is 0. The summed E-state index contributed by atoms with van der Waals surface area (Å²) in [4.78, 5) is 10.8. The fraction of sp³-hybridized carbons (Fsp3) is 0.500. The zero-order valence-electron chi connectivity index (χ0n) is 7.38. The molecule has 1 fully saturated rings. The molecular weight excluding hydrogens is 188 g/mol. The van der Waals surface area contributed by atoms with Gasteiger partial charge in [0, 0.05) is 6.61 Å². The standard InChI is InChI=1S/C8H10N2O4/c11-6-3-9-10(7(6)8(12)13)5-1-2-14-4-5/h3,5,11H,1-2,4H2,(H,12,13). The van der Waals surface area contributed by atoms with Gasteiger partial charge in [0.15, 0.2) is 11.4 Å². The lowest BCUT2D eigenvalue weighted by atomic mass is 10.2. The van der Waals surface area contributed by atoms with Crippen molar-refractivity contribution in [2.75, 3.05) is 13.2 Å². The maximum atomic E-state index is 10.8. The van der Waals surface area contributed by atoms with Gasteiger partial charge in [0.2, 0.25) is 0 Å². The first kappa shape index (κ1) is 9.01. The molecular formula is C8H10N2O4. The van der Waals surface area contributed by atoms with Gasteiger partial charge in [-0.15, -0.1) is 0 Å². The van der Waals surface area contributed by atoms with Crippen molar-refractivity contribution in [3.63, 3.8) is 0 Å². The third-order valence-electron chi connectivity index (χ3n) is 2.23. The fourth-order valence-electron chi connectivity index (χ4n) is 1.55. The van der Waals surface area contributed by atoms with E-state index in [1.807, 2.05) is 0 Å². The number of aromatic hydroxyl groups is 1. The summed E-state index contributed by atoms with van der Waals surface area (Å²) < 4.78 is 6.43. The molecule has 2 N–H and O–H groups in total. The van der Waals surface area contributed by atoms with E-state index < -0.39 is 5.97 Å². The number of carboxylic acid groups (broad SMARTS) is 1. The Kier molecular flexibility index (Phi) is 2.12. The average Bonchev–Trinajstić information content (AvgIpc) is 2.70. The van der Waals surface area contributed by atoms with E-state index in [0.29, 0.717) is 13.2 Å². The van der Waals surface area contributed by atoms with Crippen LogP contribution < -0.4 is 0 Å². The number of carbonyl (C=O) groups is 1. The molecule has 0 saturated carbocycles. The number of rotatable bonds is 2. The van der Waals surface area contributed by atoms with Crippen LogP contribution in [0.5, 0.6) is 5.75 Å². The van der Waals surface area contributed by atoms with E-state index in [0.717, 1.165) is 12.6 Å². The van der Waals surface area contributed by atoms with E-state index in [1.54, 1.807) is 0 Å². The van der Waals surface area contributed by atoms with Crippen LogP contribution in [0.1, 0.15) is 23.0 Å². The molecule has 1 aromatic heterocycles. The van der Waals surface area contributed by atoms with Crippen molar-refractivity contribution in [2.24, 2.45) is 0 Å². The molecule has 0 radical (unpaired) electrons. The van der Waals surface area contributed by atoms with Crippen LogP contribution in [-0.2, 0) is 4.74 Å². The maximum absolute atomic E-state index is 10.8. The Morgan fingerprint density at radius 3 is 3.07 bits per heavy atom. The highest BCUT2D eigenvalue weighted by molar-refractivity contribution is 5.88. The lowest BCUT2D eigenvalue weighted by Gasteiger charge is -2.09. The van der Waals surface area contributed by atoms with Crippen LogP contribution >= 0.6 is 0 Å². The normalized spacial score (nSPS) is 21.3. The molecule has 2 heterocycles. The molecule has 0 bridgehead atoms. The average molecular weight is 198 g/mol. The highest BCUT2D eigenvalue weighted by atomic mass is 16.5. The lowest BCUT2D eigenvalue weighted by Crippen LogP contribution is -2.16. The van der Waals surface area contributed by atoms with Crippen LogP contribution in [0, 0.1) is 0 Å². The van der Waals surface area contributed by atoms with Gasteiger partial charge in [-0.05, 0) is 6.42 Å².